The van der Waals surface area contributed by atoms with Gasteiger partial charge in [0.25, 0.3) is 5.60 Å². The average molecular weight is 455 g/mol. The monoisotopic (exact) mass is 455 g/mol. The van der Waals surface area contributed by atoms with Crippen molar-refractivity contribution >= 4 is 5.69 Å². The standard InChI is InChI=1S/C22H19F6N3O/c23-21(24,25)20(32,22(26,27)28)17-6-3-14(4-7-17)13-31-11-1-2-16-12-15(5-8-19(16)31)18-9-10-29-30-18/h3-10,12,32H,1-2,11,13H2,(H,29,30). The quantitative estimate of drug-likeness (QED) is 0.522. The number of aromatic nitrogens is 2. The summed E-state index contributed by atoms with van der Waals surface area (Å²) in [7, 11) is 0. The van der Waals surface area contributed by atoms with Gasteiger partial charge in [-0.25, -0.2) is 0 Å². The second-order valence-electron chi connectivity index (χ2n) is 7.74. The van der Waals surface area contributed by atoms with Crippen LogP contribution in [-0.4, -0.2) is 34.2 Å². The van der Waals surface area contributed by atoms with Gasteiger partial charge in [-0.3, -0.25) is 5.10 Å². The van der Waals surface area contributed by atoms with Gasteiger partial charge in [0.2, 0.25) is 0 Å². The second kappa shape index (κ2) is 7.84. The van der Waals surface area contributed by atoms with Crippen molar-refractivity contribution in [2.75, 3.05) is 11.4 Å². The first-order chi connectivity index (χ1) is 15.0. The molecule has 3 aromatic rings. The van der Waals surface area contributed by atoms with Crippen LogP contribution in [0.4, 0.5) is 32.0 Å². The Labute approximate surface area is 179 Å². The van der Waals surface area contributed by atoms with Crippen LogP contribution in [0, 0.1) is 0 Å². The van der Waals surface area contributed by atoms with Crippen molar-refractivity contribution in [3.8, 4) is 11.3 Å². The minimum absolute atomic E-state index is 0.313. The highest BCUT2D eigenvalue weighted by atomic mass is 19.4. The van der Waals surface area contributed by atoms with Gasteiger partial charge in [-0.15, -0.1) is 0 Å². The normalized spacial score (nSPS) is 15.0. The molecule has 0 radical (unpaired) electrons. The Morgan fingerprint density at radius 3 is 2.22 bits per heavy atom. The molecule has 0 saturated carbocycles. The molecule has 2 aromatic carbocycles. The molecule has 2 N–H and O–H groups in total. The predicted molar refractivity (Wildman–Crippen MR) is 106 cm³/mol. The van der Waals surface area contributed by atoms with Crippen molar-refractivity contribution < 1.29 is 31.4 Å². The van der Waals surface area contributed by atoms with Crippen LogP contribution in [0.3, 0.4) is 0 Å². The number of alkyl halides is 6. The lowest BCUT2D eigenvalue weighted by Crippen LogP contribution is -2.53. The fourth-order valence-electron chi connectivity index (χ4n) is 3.98. The first kappa shape index (κ1) is 22.2. The van der Waals surface area contributed by atoms with Gasteiger partial charge in [-0.2, -0.15) is 31.4 Å². The molecule has 0 fully saturated rings. The highest BCUT2D eigenvalue weighted by Gasteiger charge is 2.71. The van der Waals surface area contributed by atoms with Crippen molar-refractivity contribution in [2.45, 2.75) is 37.3 Å². The molecule has 1 aliphatic heterocycles. The molecular formula is C22H19F6N3O. The number of hydrogen-bond donors (Lipinski definition) is 2. The SMILES string of the molecule is OC(c1ccc(CN2CCCc3cc(-c4ccn[nH]4)ccc32)cc1)(C(F)(F)F)C(F)(F)F. The Balaban J connectivity index is 1.58. The third-order valence-electron chi connectivity index (χ3n) is 5.67. The van der Waals surface area contributed by atoms with Gasteiger partial charge in [0.15, 0.2) is 0 Å². The van der Waals surface area contributed by atoms with Crippen LogP contribution in [0.5, 0.6) is 0 Å². The number of halogens is 6. The summed E-state index contributed by atoms with van der Waals surface area (Å²) in [6, 6.07) is 11.5. The topological polar surface area (TPSA) is 52.1 Å². The van der Waals surface area contributed by atoms with E-state index in [1.165, 1.54) is 12.1 Å². The van der Waals surface area contributed by atoms with Crippen molar-refractivity contribution in [1.82, 2.24) is 10.2 Å². The first-order valence-electron chi connectivity index (χ1n) is 9.83. The largest absolute Gasteiger partial charge is 0.430 e. The summed E-state index contributed by atoms with van der Waals surface area (Å²) in [6.45, 7) is 1.01. The van der Waals surface area contributed by atoms with Crippen molar-refractivity contribution in [3.63, 3.8) is 0 Å². The van der Waals surface area contributed by atoms with Crippen LogP contribution >= 0.6 is 0 Å². The molecule has 32 heavy (non-hydrogen) atoms. The van der Waals surface area contributed by atoms with Gasteiger partial charge < -0.3 is 10.0 Å². The lowest BCUT2D eigenvalue weighted by atomic mass is 9.91. The Morgan fingerprint density at radius 1 is 0.938 bits per heavy atom. The zero-order chi connectivity index (χ0) is 23.1. The fourth-order valence-corrected chi connectivity index (χ4v) is 3.98. The lowest BCUT2D eigenvalue weighted by molar-refractivity contribution is -0.376. The number of nitrogens with one attached hydrogen (secondary N) is 1. The van der Waals surface area contributed by atoms with Gasteiger partial charge in [0.1, 0.15) is 0 Å². The molecule has 0 amide bonds. The fraction of sp³-hybridized carbons (Fsp3) is 0.318. The van der Waals surface area contributed by atoms with Crippen LogP contribution in [0.25, 0.3) is 11.3 Å². The van der Waals surface area contributed by atoms with Gasteiger partial charge in [-0.1, -0.05) is 30.3 Å². The van der Waals surface area contributed by atoms with E-state index in [0.717, 1.165) is 35.3 Å². The molecule has 10 heteroatoms. The maximum atomic E-state index is 13.1. The van der Waals surface area contributed by atoms with E-state index in [-0.39, 0.29) is 0 Å². The second-order valence-corrected chi connectivity index (χ2v) is 7.74. The number of hydrogen-bond acceptors (Lipinski definition) is 3. The summed E-state index contributed by atoms with van der Waals surface area (Å²) >= 11 is 0. The summed E-state index contributed by atoms with van der Waals surface area (Å²) in [5, 5.41) is 16.4. The molecule has 170 valence electrons. The predicted octanol–water partition coefficient (Wildman–Crippen LogP) is 5.34. The number of anilines is 1. The maximum absolute atomic E-state index is 13.1. The summed E-state index contributed by atoms with van der Waals surface area (Å²) in [4.78, 5) is 2.03. The molecule has 1 aliphatic rings. The summed E-state index contributed by atoms with van der Waals surface area (Å²) in [5.74, 6) is 0. The number of aliphatic hydroxyl groups is 1. The van der Waals surface area contributed by atoms with E-state index < -0.39 is 23.5 Å². The molecule has 1 aromatic heterocycles. The molecule has 0 spiro atoms. The smallest absolute Gasteiger partial charge is 0.369 e. The maximum Gasteiger partial charge on any atom is 0.430 e. The molecule has 0 atom stereocenters. The van der Waals surface area contributed by atoms with Crippen LogP contribution in [-0.2, 0) is 18.6 Å². The number of aromatic amines is 1. The third-order valence-corrected chi connectivity index (χ3v) is 5.67. The number of H-pyrrole nitrogens is 1. The molecule has 4 nitrogen and oxygen atoms in total. The van der Waals surface area contributed by atoms with Crippen LogP contribution < -0.4 is 4.90 Å². The van der Waals surface area contributed by atoms with Gasteiger partial charge in [0.05, 0.1) is 5.69 Å². The number of benzene rings is 2. The minimum Gasteiger partial charge on any atom is -0.369 e. The highest BCUT2D eigenvalue weighted by molar-refractivity contribution is 5.67. The Hall–Kier alpha value is -3.01. The highest BCUT2D eigenvalue weighted by Crippen LogP contribution is 2.50. The van der Waals surface area contributed by atoms with E-state index in [2.05, 4.69) is 10.2 Å². The van der Waals surface area contributed by atoms with Crippen LogP contribution in [0.2, 0.25) is 0 Å². The number of fused-ring (bicyclic) bond motifs is 1. The van der Waals surface area contributed by atoms with Crippen LogP contribution in [0.1, 0.15) is 23.1 Å². The summed E-state index contributed by atoms with van der Waals surface area (Å²) in [6.07, 6.45) is -8.42. The molecule has 2 heterocycles. The number of nitrogens with zero attached hydrogens (tertiary/aromatic N) is 2. The van der Waals surface area contributed by atoms with E-state index in [1.54, 1.807) is 6.20 Å². The number of rotatable bonds is 4. The van der Waals surface area contributed by atoms with Crippen LogP contribution in [0.15, 0.2) is 54.7 Å². The van der Waals surface area contributed by atoms with Crippen molar-refractivity contribution in [1.29, 1.82) is 0 Å². The molecule has 0 aliphatic carbocycles. The Kier molecular flexibility index (Phi) is 5.44. The molecule has 0 bridgehead atoms. The van der Waals surface area contributed by atoms with Crippen molar-refractivity contribution in [3.05, 3.63) is 71.4 Å². The van der Waals surface area contributed by atoms with E-state index in [4.69, 9.17) is 0 Å². The minimum atomic E-state index is -5.90. The zero-order valence-corrected chi connectivity index (χ0v) is 16.6. The van der Waals surface area contributed by atoms with Gasteiger partial charge >= 0.3 is 12.4 Å². The molecular weight excluding hydrogens is 436 g/mol. The Morgan fingerprint density at radius 2 is 1.62 bits per heavy atom. The summed E-state index contributed by atoms with van der Waals surface area (Å²) in [5.41, 5.74) is -1.72. The van der Waals surface area contributed by atoms with Gasteiger partial charge in [0, 0.05) is 30.5 Å². The van der Waals surface area contributed by atoms with Crippen molar-refractivity contribution in [2.24, 2.45) is 0 Å². The third kappa shape index (κ3) is 3.83. The van der Waals surface area contributed by atoms with E-state index >= 15 is 0 Å². The number of aryl methyl sites for hydroxylation is 1. The zero-order valence-electron chi connectivity index (χ0n) is 16.6. The molecule has 4 rings (SSSR count). The molecule has 0 saturated heterocycles. The average Bonchev–Trinajstić information content (AvgIpc) is 3.27. The van der Waals surface area contributed by atoms with Gasteiger partial charge in [-0.05, 0) is 47.7 Å². The summed E-state index contributed by atoms with van der Waals surface area (Å²) < 4.78 is 78.4. The Bertz CT molecular complexity index is 1060. The van der Waals surface area contributed by atoms with E-state index in [9.17, 15) is 31.4 Å². The molecule has 0 unspecified atom stereocenters. The van der Waals surface area contributed by atoms with E-state index in [1.807, 2.05) is 29.2 Å². The first-order valence-corrected chi connectivity index (χ1v) is 9.83. The van der Waals surface area contributed by atoms with E-state index in [0.29, 0.717) is 30.8 Å². The lowest BCUT2D eigenvalue weighted by Gasteiger charge is -2.33.